The van der Waals surface area contributed by atoms with E-state index in [0.717, 1.165) is 57.4 Å². The van der Waals surface area contributed by atoms with Crippen LogP contribution in [0.25, 0.3) is 0 Å². The second kappa shape index (κ2) is 5.23. The van der Waals surface area contributed by atoms with Crippen LogP contribution >= 0.6 is 0 Å². The lowest BCUT2D eigenvalue weighted by molar-refractivity contribution is -0.134. The van der Waals surface area contributed by atoms with Gasteiger partial charge in [0.25, 0.3) is 0 Å². The molecule has 2 rings (SSSR count). The number of rotatable bonds is 2. The van der Waals surface area contributed by atoms with Crippen LogP contribution in [0, 0.1) is 0 Å². The molecule has 0 saturated carbocycles. The summed E-state index contributed by atoms with van der Waals surface area (Å²) in [5, 5.41) is 12.6. The van der Waals surface area contributed by atoms with Crippen molar-refractivity contribution in [3.63, 3.8) is 0 Å². The van der Waals surface area contributed by atoms with E-state index in [9.17, 15) is 9.90 Å². The zero-order valence-corrected chi connectivity index (χ0v) is 9.67. The van der Waals surface area contributed by atoms with E-state index in [1.54, 1.807) is 0 Å². The minimum Gasteiger partial charge on any atom is -0.477 e. The Balaban J connectivity index is 2.17. The largest absolute Gasteiger partial charge is 0.477 e. The Morgan fingerprint density at radius 1 is 1.12 bits per heavy atom. The normalized spacial score (nSPS) is 24.9. The third-order valence-corrected chi connectivity index (χ3v) is 3.35. The minimum atomic E-state index is -0.772. The first-order valence-electron chi connectivity index (χ1n) is 6.24. The van der Waals surface area contributed by atoms with E-state index in [1.165, 1.54) is 6.42 Å². The summed E-state index contributed by atoms with van der Waals surface area (Å²) < 4.78 is 0. The standard InChI is InChI=1S/C12H20N2O2/c15-12(16)11(10-6-2-3-7-13-10)14-8-4-1-5-9-14/h13H,1-9H2,(H,15,16). The average Bonchev–Trinajstić information content (AvgIpc) is 2.31. The summed E-state index contributed by atoms with van der Waals surface area (Å²) in [5.41, 5.74) is 1.47. The molecule has 0 aromatic heterocycles. The van der Waals surface area contributed by atoms with Crippen molar-refractivity contribution in [3.05, 3.63) is 11.4 Å². The fourth-order valence-corrected chi connectivity index (χ4v) is 2.53. The number of likely N-dealkylation sites (tertiary alicyclic amines) is 1. The van der Waals surface area contributed by atoms with Crippen molar-refractivity contribution in [1.29, 1.82) is 0 Å². The Bertz CT molecular complexity index is 285. The number of carboxylic acid groups (broad SMARTS) is 1. The molecular weight excluding hydrogens is 204 g/mol. The Morgan fingerprint density at radius 3 is 2.44 bits per heavy atom. The van der Waals surface area contributed by atoms with Gasteiger partial charge in [-0.3, -0.25) is 0 Å². The van der Waals surface area contributed by atoms with Crippen molar-refractivity contribution in [3.8, 4) is 0 Å². The molecule has 0 aliphatic carbocycles. The van der Waals surface area contributed by atoms with Crippen LogP contribution in [0.4, 0.5) is 0 Å². The summed E-state index contributed by atoms with van der Waals surface area (Å²) in [5.74, 6) is -0.772. The topological polar surface area (TPSA) is 52.6 Å². The quantitative estimate of drug-likeness (QED) is 0.699. The summed E-state index contributed by atoms with van der Waals surface area (Å²) in [6.45, 7) is 2.71. The van der Waals surface area contributed by atoms with Gasteiger partial charge in [0.05, 0.1) is 0 Å². The average molecular weight is 224 g/mol. The molecule has 0 bridgehead atoms. The highest BCUT2D eigenvalue weighted by Gasteiger charge is 2.24. The van der Waals surface area contributed by atoms with Crippen molar-refractivity contribution in [2.24, 2.45) is 0 Å². The number of carbonyl (C=O) groups is 1. The summed E-state index contributed by atoms with van der Waals surface area (Å²) >= 11 is 0. The van der Waals surface area contributed by atoms with E-state index in [4.69, 9.17) is 0 Å². The monoisotopic (exact) mass is 224 g/mol. The van der Waals surface area contributed by atoms with Crippen LogP contribution in [0.5, 0.6) is 0 Å². The number of nitrogens with one attached hydrogen (secondary N) is 1. The number of piperidine rings is 2. The van der Waals surface area contributed by atoms with Crippen molar-refractivity contribution in [2.45, 2.75) is 38.5 Å². The van der Waals surface area contributed by atoms with Gasteiger partial charge < -0.3 is 15.3 Å². The molecule has 4 nitrogen and oxygen atoms in total. The minimum absolute atomic E-state index is 0.527. The molecule has 90 valence electrons. The molecule has 2 saturated heterocycles. The molecule has 2 aliphatic heterocycles. The maximum atomic E-state index is 11.4. The Kier molecular flexibility index (Phi) is 3.70. The SMILES string of the molecule is O=C(O)C(=C1CCCCN1)N1CCCCC1. The first kappa shape index (κ1) is 11.3. The number of nitrogens with zero attached hydrogens (tertiary/aromatic N) is 1. The highest BCUT2D eigenvalue weighted by atomic mass is 16.4. The summed E-state index contributed by atoms with van der Waals surface area (Å²) in [7, 11) is 0. The van der Waals surface area contributed by atoms with E-state index >= 15 is 0 Å². The van der Waals surface area contributed by atoms with Crippen LogP contribution in [-0.2, 0) is 4.79 Å². The highest BCUT2D eigenvalue weighted by molar-refractivity contribution is 5.86. The van der Waals surface area contributed by atoms with Crippen molar-refractivity contribution >= 4 is 5.97 Å². The van der Waals surface area contributed by atoms with Gasteiger partial charge in [-0.05, 0) is 38.5 Å². The fraction of sp³-hybridized carbons (Fsp3) is 0.750. The van der Waals surface area contributed by atoms with E-state index in [2.05, 4.69) is 5.32 Å². The zero-order valence-electron chi connectivity index (χ0n) is 9.67. The molecule has 16 heavy (non-hydrogen) atoms. The Morgan fingerprint density at radius 2 is 1.88 bits per heavy atom. The fourth-order valence-electron chi connectivity index (χ4n) is 2.53. The number of allylic oxidation sites excluding steroid dienone is 1. The lowest BCUT2D eigenvalue weighted by atomic mass is 10.0. The number of aliphatic carboxylic acids is 1. The van der Waals surface area contributed by atoms with Gasteiger partial charge in [0.2, 0.25) is 0 Å². The predicted octanol–water partition coefficient (Wildman–Crippen LogP) is 1.54. The summed E-state index contributed by atoms with van der Waals surface area (Å²) in [6, 6.07) is 0. The molecule has 2 fully saturated rings. The van der Waals surface area contributed by atoms with Crippen LogP contribution in [0.1, 0.15) is 38.5 Å². The van der Waals surface area contributed by atoms with E-state index < -0.39 is 5.97 Å². The van der Waals surface area contributed by atoms with E-state index in [0.29, 0.717) is 5.70 Å². The second-order valence-corrected chi connectivity index (χ2v) is 4.56. The zero-order chi connectivity index (χ0) is 11.4. The van der Waals surface area contributed by atoms with Crippen LogP contribution < -0.4 is 5.32 Å². The van der Waals surface area contributed by atoms with Gasteiger partial charge in [-0.1, -0.05) is 0 Å². The number of hydrogen-bond donors (Lipinski definition) is 2. The number of hydrogen-bond acceptors (Lipinski definition) is 3. The molecule has 2 heterocycles. The maximum absolute atomic E-state index is 11.4. The lowest BCUT2D eigenvalue weighted by Gasteiger charge is -2.32. The molecule has 0 spiro atoms. The molecule has 2 N–H and O–H groups in total. The van der Waals surface area contributed by atoms with Gasteiger partial charge in [-0.2, -0.15) is 0 Å². The first-order valence-corrected chi connectivity index (χ1v) is 6.24. The molecule has 4 heteroatoms. The van der Waals surface area contributed by atoms with Crippen molar-refractivity contribution in [2.75, 3.05) is 19.6 Å². The van der Waals surface area contributed by atoms with E-state index in [1.807, 2.05) is 4.90 Å². The van der Waals surface area contributed by atoms with Crippen molar-refractivity contribution < 1.29 is 9.90 Å². The molecule has 0 radical (unpaired) electrons. The molecule has 0 atom stereocenters. The van der Waals surface area contributed by atoms with Crippen LogP contribution in [0.15, 0.2) is 11.4 Å². The molecule has 0 amide bonds. The van der Waals surface area contributed by atoms with Gasteiger partial charge in [-0.15, -0.1) is 0 Å². The van der Waals surface area contributed by atoms with Gasteiger partial charge >= 0.3 is 5.97 Å². The highest BCUT2D eigenvalue weighted by Crippen LogP contribution is 2.21. The second-order valence-electron chi connectivity index (χ2n) is 4.56. The molecular formula is C12H20N2O2. The molecule has 0 aromatic rings. The van der Waals surface area contributed by atoms with Gasteiger partial charge in [0, 0.05) is 25.3 Å². The smallest absolute Gasteiger partial charge is 0.353 e. The van der Waals surface area contributed by atoms with Gasteiger partial charge in [0.1, 0.15) is 5.70 Å². The summed E-state index contributed by atoms with van der Waals surface area (Å²) in [4.78, 5) is 13.4. The maximum Gasteiger partial charge on any atom is 0.353 e. The van der Waals surface area contributed by atoms with Crippen LogP contribution in [-0.4, -0.2) is 35.6 Å². The van der Waals surface area contributed by atoms with E-state index in [-0.39, 0.29) is 0 Å². The predicted molar refractivity (Wildman–Crippen MR) is 61.9 cm³/mol. The molecule has 0 unspecified atom stereocenters. The molecule has 2 aliphatic rings. The van der Waals surface area contributed by atoms with Gasteiger partial charge in [0.15, 0.2) is 0 Å². The third kappa shape index (κ3) is 2.49. The number of carboxylic acids is 1. The van der Waals surface area contributed by atoms with Crippen molar-refractivity contribution in [1.82, 2.24) is 10.2 Å². The molecule has 0 aromatic carbocycles. The summed E-state index contributed by atoms with van der Waals surface area (Å²) in [6.07, 6.45) is 6.60. The Hall–Kier alpha value is -1.19. The van der Waals surface area contributed by atoms with Crippen LogP contribution in [0.3, 0.4) is 0 Å². The Labute approximate surface area is 96.3 Å². The van der Waals surface area contributed by atoms with Gasteiger partial charge in [-0.25, -0.2) is 4.79 Å². The first-order chi connectivity index (χ1) is 7.79. The van der Waals surface area contributed by atoms with Crippen LogP contribution in [0.2, 0.25) is 0 Å². The lowest BCUT2D eigenvalue weighted by Crippen LogP contribution is -2.36. The third-order valence-electron chi connectivity index (χ3n) is 3.35.